The van der Waals surface area contributed by atoms with Gasteiger partial charge in [0, 0.05) is 124 Å². The topological polar surface area (TPSA) is 518 Å². The summed E-state index contributed by atoms with van der Waals surface area (Å²) >= 11 is 14.3. The lowest BCUT2D eigenvalue weighted by Gasteiger charge is -2.36. The van der Waals surface area contributed by atoms with E-state index in [-0.39, 0.29) is 110 Å². The number of rotatable bonds is 13. The Morgan fingerprint density at radius 2 is 0.823 bits per heavy atom. The summed E-state index contributed by atoms with van der Waals surface area (Å²) in [5, 5.41) is 158. The Morgan fingerprint density at radius 1 is 0.447 bits per heavy atom. The number of hydrogen-bond donors (Lipinski definition) is 13. The Morgan fingerprint density at radius 3 is 1.21 bits per heavy atom. The van der Waals surface area contributed by atoms with Gasteiger partial charge in [0.2, 0.25) is 0 Å². The summed E-state index contributed by atoms with van der Waals surface area (Å²) in [5.74, 6) is 3.00. The highest BCUT2D eigenvalue weighted by Gasteiger charge is 2.42. The minimum atomic E-state index is -0.443. The van der Waals surface area contributed by atoms with Crippen molar-refractivity contribution in [3.05, 3.63) is 314 Å². The smallest absolute Gasteiger partial charge is 0.250 e. The van der Waals surface area contributed by atoms with E-state index < -0.39 is 5.92 Å². The van der Waals surface area contributed by atoms with Crippen LogP contribution in [0.1, 0.15) is 178 Å². The van der Waals surface area contributed by atoms with E-state index in [1.165, 1.54) is 10.6 Å². The summed E-state index contributed by atoms with van der Waals surface area (Å²) in [6.45, 7) is 3.65. The van der Waals surface area contributed by atoms with E-state index in [4.69, 9.17) is 4.63 Å². The lowest BCUT2D eigenvalue weighted by Crippen LogP contribution is -2.34. The maximum absolute atomic E-state index is 12.1. The van der Waals surface area contributed by atoms with Crippen LogP contribution < -0.4 is 48.1 Å². The van der Waals surface area contributed by atoms with Crippen molar-refractivity contribution in [1.82, 2.24) is 86.7 Å². The second kappa shape index (κ2) is 49.3. The summed E-state index contributed by atoms with van der Waals surface area (Å²) in [4.78, 5) is 14.4. The van der Waals surface area contributed by atoms with Crippen LogP contribution in [0.2, 0.25) is 0 Å². The second-order valence-corrected chi connectivity index (χ2v) is 36.7. The van der Waals surface area contributed by atoms with Crippen LogP contribution in [0.3, 0.4) is 0 Å². The van der Waals surface area contributed by atoms with E-state index >= 15 is 0 Å². The zero-order valence-electron chi connectivity index (χ0n) is 76.2. The van der Waals surface area contributed by atoms with Crippen molar-refractivity contribution < 1.29 is 4.63 Å². The average Bonchev–Trinajstić information content (AvgIpc) is 1.74. The molecule has 2 aliphatic carbocycles. The monoisotopic (exact) mass is 2260 g/mol. The number of nitrogens with zero attached hydrogens (tertiary/aromatic N) is 18. The van der Waals surface area contributed by atoms with Crippen molar-refractivity contribution in [2.24, 2.45) is 18.9 Å². The van der Waals surface area contributed by atoms with Gasteiger partial charge in [0.15, 0.2) is 0 Å². The molecular weight excluding hydrogens is 2180 g/mol. The highest BCUT2D eigenvalue weighted by atomic mass is 79.9. The maximum Gasteiger partial charge on any atom is 0.250 e. The van der Waals surface area contributed by atoms with Crippen molar-refractivity contribution in [1.29, 1.82) is 47.4 Å². The van der Waals surface area contributed by atoms with Gasteiger partial charge in [0.05, 0.1) is 152 Å². The van der Waals surface area contributed by atoms with Gasteiger partial charge in [0.1, 0.15) is 64.4 Å². The normalized spacial score (nSPS) is 19.3. The largest absolute Gasteiger partial charge is 0.343 e. The fourth-order valence-corrected chi connectivity index (χ4v) is 21.4. The number of nitriles is 9. The van der Waals surface area contributed by atoms with Crippen molar-refractivity contribution in [2.75, 3.05) is 67.9 Å². The number of hydrogen-bond acceptors (Lipinski definition) is 27. The van der Waals surface area contributed by atoms with Gasteiger partial charge in [-0.3, -0.25) is 30.3 Å². The third-order valence-corrected chi connectivity index (χ3v) is 29.6. The Hall–Kier alpha value is -13.2. The fraction of sp³-hybridized carbons (Fsp3) is 0.276. The van der Waals surface area contributed by atoms with E-state index in [9.17, 15) is 52.2 Å². The van der Waals surface area contributed by atoms with Crippen LogP contribution in [-0.2, 0) is 7.05 Å². The number of anilines is 5. The summed E-state index contributed by atoms with van der Waals surface area (Å²) < 4.78 is 9.17. The van der Waals surface area contributed by atoms with Crippen molar-refractivity contribution in [2.45, 2.75) is 112 Å². The molecule has 5 aromatic carbocycles. The highest BCUT2D eigenvalue weighted by Crippen LogP contribution is 2.53. The molecule has 6 aliphatic heterocycles. The number of pyridine rings is 1. The first-order valence-electron chi connectivity index (χ1n) is 43.5. The van der Waals surface area contributed by atoms with Crippen LogP contribution in [0.25, 0.3) is 16.7 Å². The minimum absolute atomic E-state index is 0. The number of likely N-dealkylation sites (N-methyl/N-ethyl adjacent to an activating group) is 1. The van der Waals surface area contributed by atoms with Gasteiger partial charge in [0.25, 0.3) is 5.56 Å². The van der Waals surface area contributed by atoms with Crippen LogP contribution in [0.5, 0.6) is 0 Å². The number of fused-ring (bicyclic) bond motifs is 6. The second-order valence-electron chi connectivity index (χ2n) is 33.5. The van der Waals surface area contributed by atoms with Crippen LogP contribution >= 0.6 is 138 Å². The molecule has 0 radical (unpaired) electrons. The number of aromatic amines is 5. The minimum Gasteiger partial charge on any atom is -0.343 e. The fourth-order valence-electron chi connectivity index (χ4n) is 19.0. The molecule has 6 atom stereocenters. The van der Waals surface area contributed by atoms with Gasteiger partial charge in [-0.05, 0) is 243 Å². The van der Waals surface area contributed by atoms with Gasteiger partial charge in [-0.15, -0.1) is 74.4 Å². The first-order chi connectivity index (χ1) is 65.7. The van der Waals surface area contributed by atoms with Crippen molar-refractivity contribution >= 4 is 184 Å². The molecule has 722 valence electrons. The Balaban J connectivity index is 0.000000180. The zero-order chi connectivity index (χ0) is 94.8. The number of nitrogens with one attached hydrogen (secondary N) is 13. The van der Waals surface area contributed by atoms with Crippen molar-refractivity contribution in [3.8, 4) is 54.6 Å². The molecular formula is C98H93Br4Cl6N31O2. The van der Waals surface area contributed by atoms with Crippen LogP contribution in [0, 0.1) is 114 Å². The maximum atomic E-state index is 12.1. The Bertz CT molecular complexity index is 7320. The Labute approximate surface area is 883 Å². The molecule has 0 amide bonds. The summed E-state index contributed by atoms with van der Waals surface area (Å²) in [6, 6.07) is 53.0. The van der Waals surface area contributed by atoms with Crippen LogP contribution in [-0.4, -0.2) is 130 Å². The molecule has 7 aromatic heterocycles. The molecule has 13 N–H and O–H groups in total. The molecule has 141 heavy (non-hydrogen) atoms. The quantitative estimate of drug-likeness (QED) is 0.0510. The van der Waals surface area contributed by atoms with E-state index in [1.807, 2.05) is 81.7 Å². The first-order valence-corrected chi connectivity index (χ1v) is 46.7. The SMILES string of the molecule is CN(C)C1CCC(C2=C(C#N)C(c3cccc(C#N)c3Br)c3cn[nH]c3N2)CC1.CNC(C)C1=C(C#N)C(c2cccc3nonc23)c2cn[nH]c2N1.CNC1CCC(C2=C(C#N)C(c3cccc(C#N)c3Br)c3cn[nH]c3N2)CC1.Cl.Cl.Cl.Cl.Cl.Cl.Cn1ccc(C2=C(C#N)C(c3cccc(C#N)c3Br)c3cn[nH]c3N2)cc1=O.N#CC1=C(C2=CCCNC2)Nc2[nH]ncc2C1c1cccc(C#N)c1Br. The molecule has 6 unspecified atom stereocenters. The summed E-state index contributed by atoms with van der Waals surface area (Å²) in [7, 11) is 9.80. The molecule has 43 heteroatoms. The number of halogens is 10. The number of allylic oxidation sites excluding steroid dienone is 7. The predicted octanol–water partition coefficient (Wildman–Crippen LogP) is 19.6. The summed E-state index contributed by atoms with van der Waals surface area (Å²) in [6.07, 6.45) is 22.0. The zero-order valence-corrected chi connectivity index (χ0v) is 87.5. The van der Waals surface area contributed by atoms with Gasteiger partial charge in [-0.1, -0.05) is 66.7 Å². The lowest BCUT2D eigenvalue weighted by atomic mass is 9.76. The van der Waals surface area contributed by atoms with E-state index in [2.05, 4.69) is 247 Å². The molecule has 20 rings (SSSR count). The third-order valence-electron chi connectivity index (χ3n) is 26.1. The van der Waals surface area contributed by atoms with Crippen LogP contribution in [0.15, 0.2) is 230 Å². The molecule has 12 aromatic rings. The van der Waals surface area contributed by atoms with Gasteiger partial charge < -0.3 is 52.0 Å². The number of aromatic nitrogens is 13. The number of aryl methyl sites for hydroxylation is 1. The summed E-state index contributed by atoms with van der Waals surface area (Å²) in [5.41, 5.74) is 21.1. The molecule has 0 saturated heterocycles. The van der Waals surface area contributed by atoms with Crippen molar-refractivity contribution in [3.63, 3.8) is 0 Å². The molecule has 13 heterocycles. The first kappa shape index (κ1) is 110. The average molecular weight is 2270 g/mol. The number of H-pyrrole nitrogens is 5. The predicted molar refractivity (Wildman–Crippen MR) is 564 cm³/mol. The molecule has 33 nitrogen and oxygen atoms in total. The highest BCUT2D eigenvalue weighted by molar-refractivity contribution is 9.11. The van der Waals surface area contributed by atoms with Gasteiger partial charge in [-0.2, -0.15) is 72.9 Å². The molecule has 8 aliphatic rings. The molecule has 2 saturated carbocycles. The van der Waals surface area contributed by atoms with E-state index in [1.54, 1.807) is 80.6 Å². The van der Waals surface area contributed by atoms with Gasteiger partial charge in [-0.25, -0.2) is 4.63 Å². The lowest BCUT2D eigenvalue weighted by molar-refractivity contribution is 0.205. The third kappa shape index (κ3) is 22.0. The Kier molecular flexibility index (Phi) is 38.4. The molecule has 0 spiro atoms. The van der Waals surface area contributed by atoms with Crippen LogP contribution in [0.4, 0.5) is 29.1 Å². The molecule has 0 bridgehead atoms. The molecule has 2 fully saturated rings. The number of benzene rings is 5. The van der Waals surface area contributed by atoms with E-state index in [0.29, 0.717) is 106 Å². The van der Waals surface area contributed by atoms with E-state index in [0.717, 1.165) is 192 Å². The van der Waals surface area contributed by atoms with Gasteiger partial charge >= 0.3 is 0 Å². The standard InChI is InChI=1S/C22H23BrN6.C21H21BrN6.C20H13BrN6O.C19H15BrN6.C16H15N7O.6ClH/c1-29(2)15-8-6-13(7-9-15)21-17(11-25)19(18-12-26-28-22(18)27-21)16-5-3-4-14(10-24)20(16)23;1-25-14-7-5-12(6-8-14)20-16(10-24)18(17-11-26-28-21(17)27-20)15-4-2-3-13(9-23)19(15)22;1-27-6-5-11(7-16(27)28)19-14(9-23)17(15-10-24-26-20(15)25-19)13-4-2-3-12(8-22)18(13)21;20-17-11(7-21)3-1-5-13(17)16-14(8-22)18(12-4-2-6-23-9-12)25-19-15(16)10-24-26-19;1-8(18-2)14-10(6-17)13(11-7-19-21-16(11)20-14)9-4-3-5-12-15(9)23-24-22-12;;;;;;/h3-5,12-13,15,19H,6-9H2,1-2H3,(H2,26,27,28);2-4,11-12,14,18,25H,5-8H2,1H3,(H2,26,27,28);2-7,10,17H,1H3,(H2,24,25,26);1,3-5,10,16,23H,2,6,9H2,(H2,24,25,26);3-5,7-8,13,18H,1-2H3,(H2,19,20,21);6*1H.